The summed E-state index contributed by atoms with van der Waals surface area (Å²) in [4.78, 5) is 127. The summed E-state index contributed by atoms with van der Waals surface area (Å²) in [5.74, 6) is -0.859. The molecule has 20 heteroatoms. The van der Waals surface area contributed by atoms with Gasteiger partial charge in [-0.3, -0.25) is 19.2 Å². The Morgan fingerprint density at radius 1 is 0.312 bits per heavy atom. The third-order valence-electron chi connectivity index (χ3n) is 13.4. The van der Waals surface area contributed by atoms with Crippen LogP contribution in [-0.2, 0) is 63.8 Å². The first-order valence-electron chi connectivity index (χ1n) is 28.6. The molecule has 2 aromatic rings. The highest BCUT2D eigenvalue weighted by molar-refractivity contribution is 5.82. The highest BCUT2D eigenvalue weighted by atomic mass is 16.6. The van der Waals surface area contributed by atoms with E-state index >= 15 is 0 Å². The minimum absolute atomic E-state index is 0.0116. The van der Waals surface area contributed by atoms with Gasteiger partial charge in [0.2, 0.25) is 23.6 Å². The van der Waals surface area contributed by atoms with Gasteiger partial charge < -0.3 is 58.1 Å². The van der Waals surface area contributed by atoms with E-state index in [4.69, 9.17) is 18.9 Å². The monoisotopic (exact) mass is 1120 g/mol. The van der Waals surface area contributed by atoms with Crippen LogP contribution in [0.1, 0.15) is 131 Å². The van der Waals surface area contributed by atoms with Crippen molar-refractivity contribution in [3.05, 3.63) is 70.8 Å². The summed E-state index contributed by atoms with van der Waals surface area (Å²) in [5, 5.41) is 0. The van der Waals surface area contributed by atoms with Crippen molar-refractivity contribution in [3.63, 3.8) is 0 Å². The van der Waals surface area contributed by atoms with Crippen LogP contribution in [0.2, 0.25) is 0 Å². The molecule has 2 saturated heterocycles. The molecule has 0 spiro atoms. The van der Waals surface area contributed by atoms with Crippen LogP contribution >= 0.6 is 0 Å². The van der Waals surface area contributed by atoms with Crippen LogP contribution < -0.4 is 0 Å². The molecule has 0 atom stereocenters. The first-order valence-corrected chi connectivity index (χ1v) is 28.6. The minimum atomic E-state index is -0.798. The molecule has 6 aliphatic heterocycles. The number of nitrogens with zero attached hydrogens (tertiary/aromatic N) is 8. The maximum Gasteiger partial charge on any atom is 0.410 e. The summed E-state index contributed by atoms with van der Waals surface area (Å²) in [6.07, 6.45) is -0.781. The summed E-state index contributed by atoms with van der Waals surface area (Å²) in [6.45, 7) is 24.5. The number of amides is 8. The predicted molar refractivity (Wildman–Crippen MR) is 304 cm³/mol. The van der Waals surface area contributed by atoms with E-state index in [1.807, 2.05) is 48.5 Å². The average Bonchev–Trinajstić information content (AvgIpc) is 3.32. The van der Waals surface area contributed by atoms with Gasteiger partial charge in [-0.25, -0.2) is 19.2 Å². The zero-order valence-corrected chi connectivity index (χ0v) is 50.1. The lowest BCUT2D eigenvalue weighted by atomic mass is 10.0. The molecule has 8 rings (SSSR count). The van der Waals surface area contributed by atoms with E-state index in [0.717, 1.165) is 0 Å². The molecule has 0 aliphatic carbocycles. The van der Waals surface area contributed by atoms with E-state index in [-0.39, 0.29) is 154 Å². The SMILES string of the molecule is CC(C)(C)OC(=O)N1CCCN2CCN(C(=O)OC(C)(C)C)CCCN(CC1)C(=O)Cc1cccc(c1)CC(=O)N1CCCN(C(=O)OC(C)(C)C)CCN(CCCN(C(=O)OC(C)(C)C)CC1)C(=O)Cc1cccc(c1)CC2=O. The fourth-order valence-electron chi connectivity index (χ4n) is 9.55. The van der Waals surface area contributed by atoms with Crippen molar-refractivity contribution < 1.29 is 57.3 Å². The predicted octanol–water partition coefficient (Wildman–Crippen LogP) is 7.42. The Balaban J connectivity index is 1.59. The van der Waals surface area contributed by atoms with E-state index < -0.39 is 46.8 Å². The third kappa shape index (κ3) is 22.5. The Morgan fingerprint density at radius 2 is 0.512 bits per heavy atom. The lowest BCUT2D eigenvalue weighted by molar-refractivity contribution is -0.132. The molecule has 444 valence electrons. The number of hydrogen-bond acceptors (Lipinski definition) is 12. The smallest absolute Gasteiger partial charge is 0.410 e. The molecular weight excluding hydrogens is 1020 g/mol. The quantitative estimate of drug-likeness (QED) is 0.237. The normalized spacial score (nSPS) is 18.6. The van der Waals surface area contributed by atoms with Gasteiger partial charge >= 0.3 is 24.4 Å². The molecular formula is C60H92N8O12. The van der Waals surface area contributed by atoms with Gasteiger partial charge in [-0.05, 0) is 131 Å². The topological polar surface area (TPSA) is 199 Å². The maximum atomic E-state index is 14.5. The number of benzene rings is 2. The second-order valence-corrected chi connectivity index (χ2v) is 25.2. The van der Waals surface area contributed by atoms with Crippen LogP contribution in [0.25, 0.3) is 0 Å². The van der Waals surface area contributed by atoms with Gasteiger partial charge in [0.05, 0.1) is 25.7 Å². The fraction of sp³-hybridized carbons (Fsp3) is 0.667. The molecule has 0 unspecified atom stereocenters. The Morgan fingerprint density at radius 3 is 0.700 bits per heavy atom. The highest BCUT2D eigenvalue weighted by Gasteiger charge is 2.31. The number of hydrogen-bond donors (Lipinski definition) is 0. The first kappa shape index (κ1) is 64.2. The minimum Gasteiger partial charge on any atom is -0.444 e. The second kappa shape index (κ2) is 28.7. The van der Waals surface area contributed by atoms with Crippen molar-refractivity contribution in [2.45, 2.75) is 157 Å². The largest absolute Gasteiger partial charge is 0.444 e. The average molecular weight is 1120 g/mol. The van der Waals surface area contributed by atoms with Crippen LogP contribution in [0, 0.1) is 0 Å². The third-order valence-corrected chi connectivity index (χ3v) is 13.4. The van der Waals surface area contributed by atoms with Crippen molar-refractivity contribution in [1.29, 1.82) is 0 Å². The lowest BCUT2D eigenvalue weighted by Gasteiger charge is -2.34. The van der Waals surface area contributed by atoms with Crippen molar-refractivity contribution in [3.8, 4) is 0 Å². The fourth-order valence-corrected chi connectivity index (χ4v) is 9.55. The van der Waals surface area contributed by atoms with Gasteiger partial charge in [0.15, 0.2) is 0 Å². The Labute approximate surface area is 475 Å². The zero-order valence-electron chi connectivity index (χ0n) is 50.1. The van der Waals surface area contributed by atoms with Gasteiger partial charge in [-0.15, -0.1) is 0 Å². The van der Waals surface area contributed by atoms with Crippen LogP contribution in [-0.4, -0.2) is 214 Å². The summed E-state index contributed by atoms with van der Waals surface area (Å²) in [5.41, 5.74) is -0.494. The zero-order chi connectivity index (χ0) is 59.0. The van der Waals surface area contributed by atoms with E-state index in [0.29, 0.717) is 47.9 Å². The van der Waals surface area contributed by atoms with Gasteiger partial charge in [-0.1, -0.05) is 48.5 Å². The molecule has 8 bridgehead atoms. The number of rotatable bonds is 0. The molecule has 0 saturated carbocycles. The van der Waals surface area contributed by atoms with Crippen LogP contribution in [0.15, 0.2) is 48.5 Å². The van der Waals surface area contributed by atoms with Crippen LogP contribution in [0.3, 0.4) is 0 Å². The Hall–Kier alpha value is -6.60. The molecule has 2 fully saturated rings. The lowest BCUT2D eigenvalue weighted by Crippen LogP contribution is -2.48. The Kier molecular flexibility index (Phi) is 23.0. The summed E-state index contributed by atoms with van der Waals surface area (Å²) < 4.78 is 23.4. The first-order chi connectivity index (χ1) is 37.4. The second-order valence-electron chi connectivity index (χ2n) is 25.2. The summed E-state index contributed by atoms with van der Waals surface area (Å²) >= 11 is 0. The summed E-state index contributed by atoms with van der Waals surface area (Å²) in [6, 6.07) is 14.6. The van der Waals surface area contributed by atoms with E-state index in [2.05, 4.69) is 0 Å². The molecule has 6 heterocycles. The molecule has 6 aliphatic rings. The van der Waals surface area contributed by atoms with E-state index in [9.17, 15) is 38.4 Å². The van der Waals surface area contributed by atoms with Crippen molar-refractivity contribution in [2.75, 3.05) is 105 Å². The van der Waals surface area contributed by atoms with E-state index in [1.54, 1.807) is 122 Å². The molecule has 20 nitrogen and oxygen atoms in total. The molecule has 0 radical (unpaired) electrons. The van der Waals surface area contributed by atoms with Crippen molar-refractivity contribution in [1.82, 2.24) is 39.2 Å². The van der Waals surface area contributed by atoms with E-state index in [1.165, 1.54) is 0 Å². The van der Waals surface area contributed by atoms with Gasteiger partial charge in [0.1, 0.15) is 22.4 Å². The van der Waals surface area contributed by atoms with Crippen molar-refractivity contribution >= 4 is 48.0 Å². The molecule has 8 amide bonds. The van der Waals surface area contributed by atoms with Gasteiger partial charge in [0, 0.05) is 105 Å². The number of ether oxygens (including phenoxy) is 4. The Bertz CT molecular complexity index is 2130. The van der Waals surface area contributed by atoms with Gasteiger partial charge in [0.25, 0.3) is 0 Å². The number of carbonyl (C=O) groups is 8. The van der Waals surface area contributed by atoms with Crippen molar-refractivity contribution in [2.24, 2.45) is 0 Å². The van der Waals surface area contributed by atoms with Gasteiger partial charge in [-0.2, -0.15) is 0 Å². The molecule has 0 aromatic heterocycles. The van der Waals surface area contributed by atoms with Crippen LogP contribution in [0.4, 0.5) is 19.2 Å². The molecule has 80 heavy (non-hydrogen) atoms. The summed E-state index contributed by atoms with van der Waals surface area (Å²) in [7, 11) is 0. The highest BCUT2D eigenvalue weighted by Crippen LogP contribution is 2.19. The standard InChI is InChI=1S/C60H92N8O12/c1-57(2,3)77-53(73)65-27-15-23-62-32-36-66(54(74)78-58(4,5)6)28-16-24-61(31-35-65)49(69)41-45-19-13-21-47(39-45)43-51(71)63-25-17-29-68(56(76)80-60(10,11)12)38-34-64(26-18-30-67(37-33-63)55(75)79-59(7,8)9)52(72)44-48-22-14-20-46(40-48)42-50(62)70/h13-14,19-22,39-40H,15-18,23-38,41-44H2,1-12H3. The molecule has 2 aromatic carbocycles. The maximum absolute atomic E-state index is 14.5. The van der Waals surface area contributed by atoms with Crippen LogP contribution in [0.5, 0.6) is 0 Å². The molecule has 0 N–H and O–H groups in total. The number of carbonyl (C=O) groups excluding carboxylic acids is 8.